The van der Waals surface area contributed by atoms with E-state index >= 15 is 0 Å². The minimum atomic E-state index is 0.679. The number of thiophene rings is 1. The molecule has 1 heterocycles. The minimum absolute atomic E-state index is 0.679. The Kier molecular flexibility index (Phi) is 6.41. The molecule has 4 heteroatoms. The van der Waals surface area contributed by atoms with Crippen LogP contribution in [0.4, 0.5) is 0 Å². The van der Waals surface area contributed by atoms with Crippen LogP contribution in [0.25, 0.3) is 0 Å². The molecule has 0 aliphatic heterocycles. The second-order valence-electron chi connectivity index (χ2n) is 4.33. The Morgan fingerprint density at radius 2 is 1.75 bits per heavy atom. The molecule has 0 spiro atoms. The predicted molar refractivity (Wildman–Crippen MR) is 84.0 cm³/mol. The molecule has 0 atom stereocenters. The van der Waals surface area contributed by atoms with Crippen LogP contribution in [0.3, 0.4) is 0 Å². The van der Waals surface area contributed by atoms with E-state index in [-0.39, 0.29) is 0 Å². The van der Waals surface area contributed by atoms with Gasteiger partial charge in [-0.05, 0) is 49.1 Å². The Labute approximate surface area is 124 Å². The van der Waals surface area contributed by atoms with E-state index in [0.717, 1.165) is 31.0 Å². The molecule has 0 saturated heterocycles. The summed E-state index contributed by atoms with van der Waals surface area (Å²) in [4.78, 5) is 1.42. The number of ether oxygens (including phenoxy) is 2. The summed E-state index contributed by atoms with van der Waals surface area (Å²) in [5.74, 6) is 1.77. The Morgan fingerprint density at radius 1 is 1.00 bits per heavy atom. The molecule has 2 aromatic rings. The summed E-state index contributed by atoms with van der Waals surface area (Å²) in [6, 6.07) is 12.0. The molecule has 108 valence electrons. The summed E-state index contributed by atoms with van der Waals surface area (Å²) >= 11 is 1.81. The van der Waals surface area contributed by atoms with Gasteiger partial charge in [-0.1, -0.05) is 6.07 Å². The van der Waals surface area contributed by atoms with Gasteiger partial charge in [0, 0.05) is 18.0 Å². The highest BCUT2D eigenvalue weighted by Gasteiger charge is 1.96. The maximum atomic E-state index is 5.66. The van der Waals surface area contributed by atoms with Crippen molar-refractivity contribution < 1.29 is 9.47 Å². The number of nitrogens with one attached hydrogen (secondary N) is 1. The third-order valence-electron chi connectivity index (χ3n) is 2.81. The van der Waals surface area contributed by atoms with Gasteiger partial charge in [0.05, 0.1) is 6.61 Å². The summed E-state index contributed by atoms with van der Waals surface area (Å²) < 4.78 is 11.0. The van der Waals surface area contributed by atoms with Gasteiger partial charge >= 0.3 is 0 Å². The number of hydrogen-bond donors (Lipinski definition) is 1. The van der Waals surface area contributed by atoms with Gasteiger partial charge in [0.1, 0.15) is 18.1 Å². The maximum Gasteiger partial charge on any atom is 0.119 e. The van der Waals surface area contributed by atoms with Gasteiger partial charge in [-0.2, -0.15) is 0 Å². The SMILES string of the molecule is CCOc1ccc(OCCNCCc2cccs2)cc1. The summed E-state index contributed by atoms with van der Waals surface area (Å²) in [6.07, 6.45) is 1.08. The van der Waals surface area contributed by atoms with Crippen molar-refractivity contribution in [2.24, 2.45) is 0 Å². The lowest BCUT2D eigenvalue weighted by molar-refractivity contribution is 0.312. The van der Waals surface area contributed by atoms with E-state index in [9.17, 15) is 0 Å². The van der Waals surface area contributed by atoms with Crippen LogP contribution in [0.1, 0.15) is 11.8 Å². The van der Waals surface area contributed by atoms with Crippen LogP contribution in [-0.2, 0) is 6.42 Å². The van der Waals surface area contributed by atoms with E-state index in [0.29, 0.717) is 13.2 Å². The fraction of sp³-hybridized carbons (Fsp3) is 0.375. The molecule has 0 unspecified atom stereocenters. The molecular weight excluding hydrogens is 270 g/mol. The fourth-order valence-corrected chi connectivity index (χ4v) is 2.54. The van der Waals surface area contributed by atoms with Crippen molar-refractivity contribution in [1.29, 1.82) is 0 Å². The maximum absolute atomic E-state index is 5.66. The van der Waals surface area contributed by atoms with E-state index in [2.05, 4.69) is 22.8 Å². The molecule has 3 nitrogen and oxygen atoms in total. The minimum Gasteiger partial charge on any atom is -0.494 e. The van der Waals surface area contributed by atoms with Crippen LogP contribution in [0.5, 0.6) is 11.5 Å². The van der Waals surface area contributed by atoms with Gasteiger partial charge < -0.3 is 14.8 Å². The highest BCUT2D eigenvalue weighted by Crippen LogP contribution is 2.17. The normalized spacial score (nSPS) is 10.4. The van der Waals surface area contributed by atoms with E-state index in [1.54, 1.807) is 11.3 Å². The number of benzene rings is 1. The van der Waals surface area contributed by atoms with Crippen LogP contribution in [0.2, 0.25) is 0 Å². The summed E-state index contributed by atoms with van der Waals surface area (Å²) in [5, 5.41) is 5.50. The Bertz CT molecular complexity index is 468. The van der Waals surface area contributed by atoms with E-state index in [1.807, 2.05) is 31.2 Å². The molecule has 0 radical (unpaired) electrons. The summed E-state index contributed by atoms with van der Waals surface area (Å²) in [6.45, 7) is 5.20. The van der Waals surface area contributed by atoms with Crippen molar-refractivity contribution in [3.8, 4) is 11.5 Å². The van der Waals surface area contributed by atoms with Gasteiger partial charge in [0.25, 0.3) is 0 Å². The zero-order valence-electron chi connectivity index (χ0n) is 11.8. The van der Waals surface area contributed by atoms with Gasteiger partial charge in [-0.3, -0.25) is 0 Å². The first-order valence-corrected chi connectivity index (χ1v) is 7.85. The molecule has 0 bridgehead atoms. The van der Waals surface area contributed by atoms with Crippen molar-refractivity contribution in [1.82, 2.24) is 5.32 Å². The largest absolute Gasteiger partial charge is 0.494 e. The lowest BCUT2D eigenvalue weighted by atomic mass is 10.3. The van der Waals surface area contributed by atoms with Crippen molar-refractivity contribution in [3.05, 3.63) is 46.7 Å². The first kappa shape index (κ1) is 14.9. The standard InChI is InChI=1S/C16H21NO2S/c1-2-18-14-5-7-15(8-6-14)19-12-11-17-10-9-16-4-3-13-20-16/h3-8,13,17H,2,9-12H2,1H3. The van der Waals surface area contributed by atoms with Crippen molar-refractivity contribution in [2.45, 2.75) is 13.3 Å². The molecule has 0 fully saturated rings. The molecule has 2 rings (SSSR count). The third kappa shape index (κ3) is 5.23. The highest BCUT2D eigenvalue weighted by molar-refractivity contribution is 7.09. The zero-order chi connectivity index (χ0) is 14.0. The molecule has 0 aliphatic carbocycles. The van der Waals surface area contributed by atoms with Gasteiger partial charge in [-0.15, -0.1) is 11.3 Å². The van der Waals surface area contributed by atoms with Gasteiger partial charge in [0.15, 0.2) is 0 Å². The van der Waals surface area contributed by atoms with Crippen molar-refractivity contribution in [2.75, 3.05) is 26.3 Å². The first-order valence-electron chi connectivity index (χ1n) is 6.97. The predicted octanol–water partition coefficient (Wildman–Crippen LogP) is 3.36. The lowest BCUT2D eigenvalue weighted by Crippen LogP contribution is -2.23. The second-order valence-corrected chi connectivity index (χ2v) is 5.36. The van der Waals surface area contributed by atoms with Crippen LogP contribution >= 0.6 is 11.3 Å². The van der Waals surface area contributed by atoms with E-state index < -0.39 is 0 Å². The molecule has 0 aliphatic rings. The fourth-order valence-electron chi connectivity index (χ4n) is 1.83. The van der Waals surface area contributed by atoms with Gasteiger partial charge in [0.2, 0.25) is 0 Å². The Morgan fingerprint density at radius 3 is 2.40 bits per heavy atom. The van der Waals surface area contributed by atoms with Crippen LogP contribution in [0, 0.1) is 0 Å². The van der Waals surface area contributed by atoms with Gasteiger partial charge in [-0.25, -0.2) is 0 Å². The van der Waals surface area contributed by atoms with Crippen LogP contribution in [-0.4, -0.2) is 26.3 Å². The quantitative estimate of drug-likeness (QED) is 0.719. The first-order chi connectivity index (χ1) is 9.88. The molecule has 1 aromatic heterocycles. The molecule has 1 N–H and O–H groups in total. The zero-order valence-corrected chi connectivity index (χ0v) is 12.6. The topological polar surface area (TPSA) is 30.5 Å². The van der Waals surface area contributed by atoms with E-state index in [4.69, 9.17) is 9.47 Å². The van der Waals surface area contributed by atoms with Crippen LogP contribution < -0.4 is 14.8 Å². The molecule has 20 heavy (non-hydrogen) atoms. The number of rotatable bonds is 9. The smallest absolute Gasteiger partial charge is 0.119 e. The lowest BCUT2D eigenvalue weighted by Gasteiger charge is -2.08. The van der Waals surface area contributed by atoms with Crippen molar-refractivity contribution in [3.63, 3.8) is 0 Å². The van der Waals surface area contributed by atoms with E-state index in [1.165, 1.54) is 4.88 Å². The second kappa shape index (κ2) is 8.61. The Hall–Kier alpha value is -1.52. The van der Waals surface area contributed by atoms with Crippen LogP contribution in [0.15, 0.2) is 41.8 Å². The summed E-state index contributed by atoms with van der Waals surface area (Å²) in [7, 11) is 0. The average Bonchev–Trinajstić information content (AvgIpc) is 2.98. The molecule has 0 saturated carbocycles. The van der Waals surface area contributed by atoms with Crippen molar-refractivity contribution >= 4 is 11.3 Å². The number of hydrogen-bond acceptors (Lipinski definition) is 4. The highest BCUT2D eigenvalue weighted by atomic mass is 32.1. The molecule has 0 amide bonds. The monoisotopic (exact) mass is 291 g/mol. The molecule has 1 aromatic carbocycles. The Balaban J connectivity index is 1.56. The molecular formula is C16H21NO2S. The average molecular weight is 291 g/mol. The summed E-state index contributed by atoms with van der Waals surface area (Å²) in [5.41, 5.74) is 0. The third-order valence-corrected chi connectivity index (χ3v) is 3.75.